The van der Waals surface area contributed by atoms with Crippen molar-refractivity contribution in [1.29, 1.82) is 0 Å². The molecule has 9 heteroatoms. The van der Waals surface area contributed by atoms with Crippen LogP contribution in [0, 0.1) is 6.92 Å². The van der Waals surface area contributed by atoms with Gasteiger partial charge in [-0.05, 0) is 72.7 Å². The Kier molecular flexibility index (Phi) is 9.71. The van der Waals surface area contributed by atoms with Gasteiger partial charge in [0, 0.05) is 22.3 Å². The number of aryl methyl sites for hydroxylation is 1. The van der Waals surface area contributed by atoms with Gasteiger partial charge in [-0.2, -0.15) is 11.8 Å². The molecule has 0 bridgehead atoms. The molecule has 1 N–H and O–H groups in total. The molecule has 0 heterocycles. The highest BCUT2D eigenvalue weighted by Gasteiger charge is 2.28. The fourth-order valence-electron chi connectivity index (χ4n) is 3.32. The minimum Gasteiger partial charge on any atom is -0.354 e. The first-order chi connectivity index (χ1) is 16.3. The smallest absolute Gasteiger partial charge is 0.264 e. The highest BCUT2D eigenvalue weighted by atomic mass is 35.5. The van der Waals surface area contributed by atoms with Gasteiger partial charge in [-0.3, -0.25) is 9.10 Å². The standard InChI is InChI=1S/C25H26Cl2N2O3S2/c1-19-15-22(27)11-12-24(19)29(34(31,32)23-9-3-2-4-10-23)17-25(30)28-13-6-14-33-18-20-7-5-8-21(26)16-20/h2-5,7-12,15-16H,6,13-14,17-18H2,1H3,(H,28,30). The maximum absolute atomic E-state index is 13.4. The van der Waals surface area contributed by atoms with Crippen molar-refractivity contribution in [2.75, 3.05) is 23.1 Å². The Balaban J connectivity index is 1.60. The third-order valence-corrected chi connectivity index (χ3v) is 8.35. The van der Waals surface area contributed by atoms with Gasteiger partial charge in [0.05, 0.1) is 10.6 Å². The van der Waals surface area contributed by atoms with Gasteiger partial charge in [-0.25, -0.2) is 8.42 Å². The normalized spacial score (nSPS) is 11.3. The van der Waals surface area contributed by atoms with Crippen LogP contribution in [0.3, 0.4) is 0 Å². The van der Waals surface area contributed by atoms with Crippen molar-refractivity contribution in [3.8, 4) is 0 Å². The van der Waals surface area contributed by atoms with Crippen LogP contribution in [0.15, 0.2) is 77.7 Å². The van der Waals surface area contributed by atoms with Gasteiger partial charge < -0.3 is 5.32 Å². The third-order valence-electron chi connectivity index (χ3n) is 4.99. The lowest BCUT2D eigenvalue weighted by Crippen LogP contribution is -2.41. The molecule has 0 atom stereocenters. The van der Waals surface area contributed by atoms with E-state index in [0.29, 0.717) is 22.8 Å². The molecule has 3 aromatic rings. The van der Waals surface area contributed by atoms with Crippen LogP contribution in [0.5, 0.6) is 0 Å². The zero-order valence-electron chi connectivity index (χ0n) is 18.7. The first-order valence-electron chi connectivity index (χ1n) is 10.7. The molecule has 3 rings (SSSR count). The van der Waals surface area contributed by atoms with Crippen LogP contribution in [-0.2, 0) is 20.6 Å². The van der Waals surface area contributed by atoms with Gasteiger partial charge in [0.15, 0.2) is 0 Å². The summed E-state index contributed by atoms with van der Waals surface area (Å²) in [5.41, 5.74) is 2.24. The van der Waals surface area contributed by atoms with E-state index in [1.165, 1.54) is 12.1 Å². The molecule has 5 nitrogen and oxygen atoms in total. The van der Waals surface area contributed by atoms with Gasteiger partial charge >= 0.3 is 0 Å². The van der Waals surface area contributed by atoms with Crippen LogP contribution in [0.2, 0.25) is 10.0 Å². The molecule has 0 unspecified atom stereocenters. The van der Waals surface area contributed by atoms with Crippen molar-refractivity contribution in [2.24, 2.45) is 0 Å². The number of carbonyl (C=O) groups excluding carboxylic acids is 1. The summed E-state index contributed by atoms with van der Waals surface area (Å²) in [5.74, 6) is 1.33. The van der Waals surface area contributed by atoms with Crippen molar-refractivity contribution >= 4 is 56.6 Å². The summed E-state index contributed by atoms with van der Waals surface area (Å²) < 4.78 is 27.9. The second-order valence-corrected chi connectivity index (χ2v) is 11.5. The molecule has 180 valence electrons. The number of hydrogen-bond donors (Lipinski definition) is 1. The molecule has 0 aliphatic rings. The largest absolute Gasteiger partial charge is 0.354 e. The van der Waals surface area contributed by atoms with E-state index in [0.717, 1.165) is 32.8 Å². The molecule has 34 heavy (non-hydrogen) atoms. The molecule has 0 aliphatic heterocycles. The fraction of sp³-hybridized carbons (Fsp3) is 0.240. The monoisotopic (exact) mass is 536 g/mol. The van der Waals surface area contributed by atoms with Crippen LogP contribution < -0.4 is 9.62 Å². The summed E-state index contributed by atoms with van der Waals surface area (Å²) in [6, 6.07) is 20.7. The molecule has 0 aromatic heterocycles. The van der Waals surface area contributed by atoms with E-state index < -0.39 is 10.0 Å². The lowest BCUT2D eigenvalue weighted by atomic mass is 10.2. The van der Waals surface area contributed by atoms with E-state index in [4.69, 9.17) is 23.2 Å². The average molecular weight is 538 g/mol. The Morgan fingerprint density at radius 1 is 0.971 bits per heavy atom. The summed E-state index contributed by atoms with van der Waals surface area (Å²) in [6.45, 7) is 1.90. The van der Waals surface area contributed by atoms with Crippen molar-refractivity contribution in [3.63, 3.8) is 0 Å². The number of anilines is 1. The van der Waals surface area contributed by atoms with E-state index in [1.54, 1.807) is 55.1 Å². The first kappa shape index (κ1) is 26.4. The SMILES string of the molecule is Cc1cc(Cl)ccc1N(CC(=O)NCCCSCc1cccc(Cl)c1)S(=O)(=O)c1ccccc1. The van der Waals surface area contributed by atoms with Crippen molar-refractivity contribution in [3.05, 3.63) is 94.0 Å². The molecule has 0 fully saturated rings. The van der Waals surface area contributed by atoms with E-state index in [-0.39, 0.29) is 17.3 Å². The first-order valence-corrected chi connectivity index (χ1v) is 14.1. The van der Waals surface area contributed by atoms with Crippen LogP contribution in [0.1, 0.15) is 17.5 Å². The number of halogens is 2. The van der Waals surface area contributed by atoms with Crippen molar-refractivity contribution in [1.82, 2.24) is 5.32 Å². The molecule has 0 spiro atoms. The Bertz CT molecular complexity index is 1220. The van der Waals surface area contributed by atoms with Crippen LogP contribution in [-0.4, -0.2) is 33.2 Å². The lowest BCUT2D eigenvalue weighted by molar-refractivity contribution is -0.119. The van der Waals surface area contributed by atoms with E-state index in [2.05, 4.69) is 5.32 Å². The molecule has 1 amide bonds. The van der Waals surface area contributed by atoms with Crippen molar-refractivity contribution in [2.45, 2.75) is 24.0 Å². The quantitative estimate of drug-likeness (QED) is 0.308. The lowest BCUT2D eigenvalue weighted by Gasteiger charge is -2.25. The maximum Gasteiger partial charge on any atom is 0.264 e. The van der Waals surface area contributed by atoms with E-state index >= 15 is 0 Å². The summed E-state index contributed by atoms with van der Waals surface area (Å²) in [6.07, 6.45) is 0.766. The fourth-order valence-corrected chi connectivity index (χ4v) is 6.18. The number of hydrogen-bond acceptors (Lipinski definition) is 4. The number of sulfonamides is 1. The second kappa shape index (κ2) is 12.5. The highest BCUT2D eigenvalue weighted by Crippen LogP contribution is 2.28. The third kappa shape index (κ3) is 7.40. The van der Waals surface area contributed by atoms with Crippen LogP contribution in [0.25, 0.3) is 0 Å². The van der Waals surface area contributed by atoms with Gasteiger partial charge in [-0.1, -0.05) is 53.5 Å². The molecule has 0 aliphatic carbocycles. The summed E-state index contributed by atoms with van der Waals surface area (Å²) >= 11 is 13.8. The maximum atomic E-state index is 13.4. The number of benzene rings is 3. The van der Waals surface area contributed by atoms with Crippen molar-refractivity contribution < 1.29 is 13.2 Å². The van der Waals surface area contributed by atoms with Gasteiger partial charge in [0.1, 0.15) is 6.54 Å². The molecule has 3 aromatic carbocycles. The average Bonchev–Trinajstić information content (AvgIpc) is 2.81. The Hall–Kier alpha value is -2.19. The van der Waals surface area contributed by atoms with Gasteiger partial charge in [-0.15, -0.1) is 0 Å². The molecular weight excluding hydrogens is 511 g/mol. The van der Waals surface area contributed by atoms with Crippen LogP contribution in [0.4, 0.5) is 5.69 Å². The molecule has 0 radical (unpaired) electrons. The number of nitrogens with one attached hydrogen (secondary N) is 1. The predicted molar refractivity (Wildman–Crippen MR) is 142 cm³/mol. The topological polar surface area (TPSA) is 66.5 Å². The number of thioether (sulfide) groups is 1. The number of nitrogens with zero attached hydrogens (tertiary/aromatic N) is 1. The Morgan fingerprint density at radius 3 is 2.41 bits per heavy atom. The zero-order valence-corrected chi connectivity index (χ0v) is 21.9. The minimum atomic E-state index is -3.94. The Morgan fingerprint density at radius 2 is 1.71 bits per heavy atom. The summed E-state index contributed by atoms with van der Waals surface area (Å²) in [4.78, 5) is 12.8. The molecular formula is C25H26Cl2N2O3S2. The number of rotatable bonds is 11. The van der Waals surface area contributed by atoms with Crippen LogP contribution >= 0.6 is 35.0 Å². The zero-order chi connectivity index (χ0) is 24.6. The summed E-state index contributed by atoms with van der Waals surface area (Å²) in [5, 5.41) is 4.06. The molecule has 0 saturated heterocycles. The van der Waals surface area contributed by atoms with Gasteiger partial charge in [0.25, 0.3) is 10.0 Å². The highest BCUT2D eigenvalue weighted by molar-refractivity contribution is 7.98. The number of amides is 1. The van der Waals surface area contributed by atoms with E-state index in [1.807, 2.05) is 24.3 Å². The molecule has 0 saturated carbocycles. The Labute approximate surface area is 215 Å². The van der Waals surface area contributed by atoms with E-state index in [9.17, 15) is 13.2 Å². The second-order valence-electron chi connectivity index (χ2n) is 7.64. The summed E-state index contributed by atoms with van der Waals surface area (Å²) in [7, 11) is -3.94. The predicted octanol–water partition coefficient (Wildman–Crippen LogP) is 5.94. The minimum absolute atomic E-state index is 0.120. The van der Waals surface area contributed by atoms with Gasteiger partial charge in [0.2, 0.25) is 5.91 Å². The number of carbonyl (C=O) groups is 1.